The van der Waals surface area contributed by atoms with Crippen LogP contribution >= 0.6 is 0 Å². The fourth-order valence-corrected chi connectivity index (χ4v) is 3.19. The van der Waals surface area contributed by atoms with Crippen molar-refractivity contribution in [1.82, 2.24) is 0 Å². The average molecular weight is 301 g/mol. The fraction of sp³-hybridized carbons (Fsp3) is 0.133. The van der Waals surface area contributed by atoms with Gasteiger partial charge in [0.15, 0.2) is 0 Å². The molecular weight excluding hydrogens is 286 g/mol. The lowest BCUT2D eigenvalue weighted by molar-refractivity contribution is 0.600. The minimum absolute atomic E-state index is 0.0840. The highest BCUT2D eigenvalue weighted by molar-refractivity contribution is 7.92. The topological polar surface area (TPSA) is 96.0 Å². The van der Waals surface area contributed by atoms with Crippen LogP contribution in [-0.2, 0) is 10.0 Å². The number of nitrogen functional groups attached to an aromatic ring is 1. The van der Waals surface area contributed by atoms with Crippen molar-refractivity contribution >= 4 is 21.4 Å². The van der Waals surface area contributed by atoms with E-state index in [0.717, 1.165) is 5.56 Å². The number of hydrogen-bond donors (Lipinski definition) is 2. The number of nitrogens with zero attached hydrogens (tertiary/aromatic N) is 1. The molecule has 6 heteroatoms. The summed E-state index contributed by atoms with van der Waals surface area (Å²) in [5.74, 6) is 0. The molecule has 0 aliphatic carbocycles. The molecule has 108 valence electrons. The number of nitriles is 1. The van der Waals surface area contributed by atoms with Crippen LogP contribution in [0.3, 0.4) is 0 Å². The first-order valence-electron chi connectivity index (χ1n) is 6.23. The number of sulfonamides is 1. The van der Waals surface area contributed by atoms with E-state index >= 15 is 0 Å². The third kappa shape index (κ3) is 3.15. The summed E-state index contributed by atoms with van der Waals surface area (Å²) in [5.41, 5.74) is 8.42. The van der Waals surface area contributed by atoms with Crippen molar-refractivity contribution in [3.63, 3.8) is 0 Å². The zero-order chi connectivity index (χ0) is 15.6. The van der Waals surface area contributed by atoms with Crippen LogP contribution in [0.2, 0.25) is 0 Å². The van der Waals surface area contributed by atoms with Crippen molar-refractivity contribution in [3.05, 3.63) is 53.1 Å². The molecule has 2 aromatic rings. The summed E-state index contributed by atoms with van der Waals surface area (Å²) in [6.45, 7) is 3.52. The van der Waals surface area contributed by atoms with Crippen LogP contribution in [0.1, 0.15) is 16.7 Å². The Labute approximate surface area is 124 Å². The van der Waals surface area contributed by atoms with Gasteiger partial charge < -0.3 is 5.73 Å². The SMILES string of the molecule is Cc1ccc(NS(=O)(=O)c2cc(C#N)ccc2C)cc1N. The summed E-state index contributed by atoms with van der Waals surface area (Å²) in [5, 5.41) is 8.89. The van der Waals surface area contributed by atoms with E-state index in [1.54, 1.807) is 37.3 Å². The standard InChI is InChI=1S/C15H15N3O2S/c1-10-4-6-13(8-14(10)17)18-21(19,20)15-7-12(9-16)5-3-11(15)2/h3-8,18H,17H2,1-2H3. The normalized spacial score (nSPS) is 10.9. The van der Waals surface area contributed by atoms with Crippen molar-refractivity contribution in [2.45, 2.75) is 18.7 Å². The van der Waals surface area contributed by atoms with Gasteiger partial charge in [0.05, 0.1) is 22.2 Å². The van der Waals surface area contributed by atoms with E-state index in [1.807, 2.05) is 13.0 Å². The number of rotatable bonds is 3. The predicted octanol–water partition coefficient (Wildman–Crippen LogP) is 2.56. The quantitative estimate of drug-likeness (QED) is 0.851. The number of nitrogens with two attached hydrogens (primary N) is 1. The Morgan fingerprint density at radius 3 is 2.38 bits per heavy atom. The maximum Gasteiger partial charge on any atom is 0.262 e. The zero-order valence-electron chi connectivity index (χ0n) is 11.7. The molecule has 0 atom stereocenters. The molecule has 0 saturated carbocycles. The molecule has 0 radical (unpaired) electrons. The Bertz CT molecular complexity index is 836. The Morgan fingerprint density at radius 2 is 1.76 bits per heavy atom. The third-order valence-corrected chi connectivity index (χ3v) is 4.66. The molecule has 0 amide bonds. The predicted molar refractivity (Wildman–Crippen MR) is 82.3 cm³/mol. The van der Waals surface area contributed by atoms with Gasteiger partial charge in [0.1, 0.15) is 0 Å². The van der Waals surface area contributed by atoms with Crippen LogP contribution in [0.4, 0.5) is 11.4 Å². The van der Waals surface area contributed by atoms with Crippen molar-refractivity contribution < 1.29 is 8.42 Å². The number of anilines is 2. The van der Waals surface area contributed by atoms with Gasteiger partial charge in [0, 0.05) is 5.69 Å². The average Bonchev–Trinajstić information content (AvgIpc) is 2.43. The molecule has 21 heavy (non-hydrogen) atoms. The Hall–Kier alpha value is -2.52. The van der Waals surface area contributed by atoms with Crippen LogP contribution in [0.15, 0.2) is 41.3 Å². The van der Waals surface area contributed by atoms with Crippen molar-refractivity contribution in [2.24, 2.45) is 0 Å². The van der Waals surface area contributed by atoms with Gasteiger partial charge in [-0.15, -0.1) is 0 Å². The lowest BCUT2D eigenvalue weighted by atomic mass is 10.2. The number of aryl methyl sites for hydroxylation is 2. The third-order valence-electron chi connectivity index (χ3n) is 3.14. The molecular formula is C15H15N3O2S. The van der Waals surface area contributed by atoms with Crippen molar-refractivity contribution in [3.8, 4) is 6.07 Å². The number of hydrogen-bond acceptors (Lipinski definition) is 4. The number of nitrogens with one attached hydrogen (secondary N) is 1. The van der Waals surface area contributed by atoms with Crippen LogP contribution < -0.4 is 10.5 Å². The molecule has 2 rings (SSSR count). The fourth-order valence-electron chi connectivity index (χ4n) is 1.87. The maximum atomic E-state index is 12.4. The monoisotopic (exact) mass is 301 g/mol. The van der Waals surface area contributed by atoms with E-state index in [-0.39, 0.29) is 4.90 Å². The molecule has 0 aromatic heterocycles. The van der Waals surface area contributed by atoms with Crippen molar-refractivity contribution in [1.29, 1.82) is 5.26 Å². The van der Waals surface area contributed by atoms with Crippen molar-refractivity contribution in [2.75, 3.05) is 10.5 Å². The van der Waals surface area contributed by atoms with E-state index in [4.69, 9.17) is 11.0 Å². The van der Waals surface area contributed by atoms with E-state index in [1.165, 1.54) is 6.07 Å². The Morgan fingerprint density at radius 1 is 1.10 bits per heavy atom. The first kappa shape index (κ1) is 14.9. The molecule has 0 unspecified atom stereocenters. The summed E-state index contributed by atoms with van der Waals surface area (Å²) >= 11 is 0. The minimum Gasteiger partial charge on any atom is -0.398 e. The highest BCUT2D eigenvalue weighted by Crippen LogP contribution is 2.23. The summed E-state index contributed by atoms with van der Waals surface area (Å²) in [6.07, 6.45) is 0. The highest BCUT2D eigenvalue weighted by Gasteiger charge is 2.18. The highest BCUT2D eigenvalue weighted by atomic mass is 32.2. The molecule has 0 saturated heterocycles. The molecule has 5 nitrogen and oxygen atoms in total. The summed E-state index contributed by atoms with van der Waals surface area (Å²) in [7, 11) is -3.76. The minimum atomic E-state index is -3.76. The molecule has 2 aromatic carbocycles. The smallest absolute Gasteiger partial charge is 0.262 e. The molecule has 0 bridgehead atoms. The summed E-state index contributed by atoms with van der Waals surface area (Å²) in [6, 6.07) is 11.4. The first-order valence-corrected chi connectivity index (χ1v) is 7.71. The van der Waals surface area contributed by atoms with Gasteiger partial charge in [-0.3, -0.25) is 4.72 Å². The molecule has 0 spiro atoms. The number of benzene rings is 2. The van der Waals surface area contributed by atoms with Gasteiger partial charge in [-0.2, -0.15) is 5.26 Å². The van der Waals surface area contributed by atoms with E-state index in [0.29, 0.717) is 22.5 Å². The molecule has 3 N–H and O–H groups in total. The first-order chi connectivity index (χ1) is 9.83. The van der Waals surface area contributed by atoms with Gasteiger partial charge in [-0.05, 0) is 49.2 Å². The molecule has 0 aliphatic rings. The molecule has 0 fully saturated rings. The summed E-state index contributed by atoms with van der Waals surface area (Å²) < 4.78 is 27.3. The maximum absolute atomic E-state index is 12.4. The van der Waals surface area contributed by atoms with Gasteiger partial charge >= 0.3 is 0 Å². The second-order valence-electron chi connectivity index (χ2n) is 4.77. The van der Waals surface area contributed by atoms with E-state index < -0.39 is 10.0 Å². The lowest BCUT2D eigenvalue weighted by Gasteiger charge is -2.11. The second-order valence-corrected chi connectivity index (χ2v) is 6.42. The van der Waals surface area contributed by atoms with Gasteiger partial charge in [-0.25, -0.2) is 8.42 Å². The van der Waals surface area contributed by atoms with Crippen LogP contribution in [-0.4, -0.2) is 8.42 Å². The van der Waals surface area contributed by atoms with E-state index in [2.05, 4.69) is 4.72 Å². The summed E-state index contributed by atoms with van der Waals surface area (Å²) in [4.78, 5) is 0.0840. The van der Waals surface area contributed by atoms with E-state index in [9.17, 15) is 8.42 Å². The Balaban J connectivity index is 2.43. The lowest BCUT2D eigenvalue weighted by Crippen LogP contribution is -2.14. The van der Waals surface area contributed by atoms with Gasteiger partial charge in [0.2, 0.25) is 0 Å². The molecule has 0 aliphatic heterocycles. The largest absolute Gasteiger partial charge is 0.398 e. The Kier molecular flexibility index (Phi) is 3.87. The zero-order valence-corrected chi connectivity index (χ0v) is 12.5. The van der Waals surface area contributed by atoms with Gasteiger partial charge in [-0.1, -0.05) is 12.1 Å². The van der Waals surface area contributed by atoms with Crippen LogP contribution in [0.25, 0.3) is 0 Å². The van der Waals surface area contributed by atoms with Crippen LogP contribution in [0, 0.1) is 25.2 Å². The molecule has 0 heterocycles. The van der Waals surface area contributed by atoms with Gasteiger partial charge in [0.25, 0.3) is 10.0 Å². The van der Waals surface area contributed by atoms with Crippen LogP contribution in [0.5, 0.6) is 0 Å². The second kappa shape index (κ2) is 5.46.